The van der Waals surface area contributed by atoms with Crippen molar-refractivity contribution in [2.24, 2.45) is 5.92 Å². The number of hydrogen-bond acceptors (Lipinski definition) is 2. The minimum absolute atomic E-state index is 0.183. The normalized spacial score (nSPS) is 40.5. The molecule has 1 aliphatic heterocycles. The number of rotatable bonds is 4. The maximum Gasteiger partial charge on any atom is 0.0708 e. The van der Waals surface area contributed by atoms with Gasteiger partial charge < -0.3 is 10.1 Å². The molecule has 2 saturated carbocycles. The molecule has 0 radical (unpaired) electrons. The smallest absolute Gasteiger partial charge is 0.0708 e. The third-order valence-corrected chi connectivity index (χ3v) is 6.56. The first-order chi connectivity index (χ1) is 9.65. The van der Waals surface area contributed by atoms with Crippen LogP contribution in [0.2, 0.25) is 0 Å². The van der Waals surface area contributed by atoms with E-state index in [4.69, 9.17) is 16.3 Å². The summed E-state index contributed by atoms with van der Waals surface area (Å²) in [6, 6.07) is 0. The highest BCUT2D eigenvalue weighted by molar-refractivity contribution is 6.18. The van der Waals surface area contributed by atoms with E-state index in [0.717, 1.165) is 18.3 Å². The van der Waals surface area contributed by atoms with Crippen LogP contribution in [0.25, 0.3) is 0 Å². The van der Waals surface area contributed by atoms with Crippen LogP contribution in [0.15, 0.2) is 0 Å². The summed E-state index contributed by atoms with van der Waals surface area (Å²) in [5, 5.41) is 3.80. The molecular weight excluding hydrogens is 270 g/mol. The maximum atomic E-state index is 6.41. The van der Waals surface area contributed by atoms with Crippen LogP contribution >= 0.6 is 11.6 Å². The lowest BCUT2D eigenvalue weighted by Gasteiger charge is -2.39. The zero-order valence-electron chi connectivity index (χ0n) is 12.9. The molecule has 2 aliphatic carbocycles. The van der Waals surface area contributed by atoms with Crippen molar-refractivity contribution in [2.45, 2.75) is 88.4 Å². The van der Waals surface area contributed by atoms with Crippen molar-refractivity contribution in [3.63, 3.8) is 0 Å². The molecule has 116 valence electrons. The summed E-state index contributed by atoms with van der Waals surface area (Å²) in [4.78, 5) is 0. The molecule has 3 rings (SSSR count). The third-order valence-electron chi connectivity index (χ3n) is 6.05. The average molecular weight is 300 g/mol. The molecule has 1 saturated heterocycles. The van der Waals surface area contributed by atoms with Gasteiger partial charge in [0, 0.05) is 18.0 Å². The van der Waals surface area contributed by atoms with Gasteiger partial charge >= 0.3 is 0 Å². The number of ether oxygens (including phenoxy) is 1. The summed E-state index contributed by atoms with van der Waals surface area (Å²) in [5.74, 6) is 1.62. The van der Waals surface area contributed by atoms with Crippen LogP contribution in [0.4, 0.5) is 0 Å². The Morgan fingerprint density at radius 3 is 2.40 bits per heavy atom. The van der Waals surface area contributed by atoms with E-state index < -0.39 is 0 Å². The van der Waals surface area contributed by atoms with E-state index in [2.05, 4.69) is 12.2 Å². The third kappa shape index (κ3) is 3.18. The summed E-state index contributed by atoms with van der Waals surface area (Å²) in [6.07, 6.45) is 13.4. The first-order valence-corrected chi connectivity index (χ1v) is 9.18. The largest absolute Gasteiger partial charge is 0.370 e. The van der Waals surface area contributed by atoms with Gasteiger partial charge in [-0.1, -0.05) is 19.8 Å². The number of nitrogens with one attached hydrogen (secondary N) is 1. The molecule has 3 heteroatoms. The van der Waals surface area contributed by atoms with E-state index in [1.54, 1.807) is 0 Å². The van der Waals surface area contributed by atoms with Gasteiger partial charge in [0.05, 0.1) is 11.7 Å². The summed E-state index contributed by atoms with van der Waals surface area (Å²) in [7, 11) is 0. The fourth-order valence-corrected chi connectivity index (χ4v) is 4.79. The van der Waals surface area contributed by atoms with Crippen LogP contribution in [0.5, 0.6) is 0 Å². The molecule has 1 atom stereocenters. The van der Waals surface area contributed by atoms with Crippen molar-refractivity contribution >= 4 is 11.6 Å². The molecule has 0 aromatic heterocycles. The van der Waals surface area contributed by atoms with Gasteiger partial charge in [-0.2, -0.15) is 0 Å². The van der Waals surface area contributed by atoms with Crippen LogP contribution in [-0.2, 0) is 4.74 Å². The second-order valence-electron chi connectivity index (χ2n) is 7.65. The number of alkyl halides is 1. The van der Waals surface area contributed by atoms with E-state index in [1.807, 2.05) is 0 Å². The Labute approximate surface area is 129 Å². The molecule has 2 nitrogen and oxygen atoms in total. The van der Waals surface area contributed by atoms with E-state index in [9.17, 15) is 0 Å². The Morgan fingerprint density at radius 1 is 1.05 bits per heavy atom. The summed E-state index contributed by atoms with van der Waals surface area (Å²) in [5.41, 5.74) is 0.449. The Kier molecular flexibility index (Phi) is 4.64. The first-order valence-electron chi connectivity index (χ1n) is 8.64. The second kappa shape index (κ2) is 6.14. The molecule has 1 N–H and O–H groups in total. The standard InChI is InChI=1S/C17H30ClNO/c1-14-4-9-16(13-18,10-5-14)19-12-15-6-11-17(20-15)7-2-3-8-17/h14-15,19H,2-13H2,1H3. The van der Waals surface area contributed by atoms with Crippen LogP contribution in [-0.4, -0.2) is 29.7 Å². The molecule has 3 fully saturated rings. The monoisotopic (exact) mass is 299 g/mol. The molecule has 0 aromatic rings. The van der Waals surface area contributed by atoms with Crippen molar-refractivity contribution in [2.75, 3.05) is 12.4 Å². The number of hydrogen-bond donors (Lipinski definition) is 1. The maximum absolute atomic E-state index is 6.41. The lowest BCUT2D eigenvalue weighted by Crippen LogP contribution is -2.52. The lowest BCUT2D eigenvalue weighted by molar-refractivity contribution is -0.0380. The summed E-state index contributed by atoms with van der Waals surface area (Å²) < 4.78 is 6.41. The van der Waals surface area contributed by atoms with Crippen molar-refractivity contribution in [1.29, 1.82) is 0 Å². The van der Waals surface area contributed by atoms with Gasteiger partial charge in [0.1, 0.15) is 0 Å². The van der Waals surface area contributed by atoms with Crippen molar-refractivity contribution in [3.8, 4) is 0 Å². The molecule has 0 amide bonds. The predicted octanol–water partition coefficient (Wildman–Crippen LogP) is 4.26. The molecule has 1 heterocycles. The lowest BCUT2D eigenvalue weighted by atomic mass is 9.78. The molecule has 20 heavy (non-hydrogen) atoms. The Hall–Kier alpha value is 0.210. The topological polar surface area (TPSA) is 21.3 Å². The quantitative estimate of drug-likeness (QED) is 0.783. The second-order valence-corrected chi connectivity index (χ2v) is 7.91. The highest BCUT2D eigenvalue weighted by Gasteiger charge is 2.43. The molecular formula is C17H30ClNO. The zero-order chi connectivity index (χ0) is 14.1. The number of halogens is 1. The molecule has 0 bridgehead atoms. The Balaban J connectivity index is 1.49. The highest BCUT2D eigenvalue weighted by atomic mass is 35.5. The fourth-order valence-electron chi connectivity index (χ4n) is 4.43. The van der Waals surface area contributed by atoms with Crippen molar-refractivity contribution < 1.29 is 4.74 Å². The average Bonchev–Trinajstić information content (AvgIpc) is 3.10. The van der Waals surface area contributed by atoms with Gasteiger partial charge in [-0.05, 0) is 57.3 Å². The SMILES string of the molecule is CC1CCC(CCl)(NCC2CCC3(CCCC3)O2)CC1. The minimum atomic E-state index is 0.183. The Bertz CT molecular complexity index is 319. The van der Waals surface area contributed by atoms with Gasteiger partial charge in [0.25, 0.3) is 0 Å². The van der Waals surface area contributed by atoms with Gasteiger partial charge in [0.2, 0.25) is 0 Å². The van der Waals surface area contributed by atoms with Crippen molar-refractivity contribution in [3.05, 3.63) is 0 Å². The van der Waals surface area contributed by atoms with Crippen LogP contribution in [0, 0.1) is 5.92 Å². The summed E-state index contributed by atoms with van der Waals surface area (Å²) in [6.45, 7) is 3.37. The Morgan fingerprint density at radius 2 is 1.75 bits per heavy atom. The van der Waals surface area contributed by atoms with Crippen LogP contribution in [0.1, 0.15) is 71.1 Å². The summed E-state index contributed by atoms with van der Waals surface area (Å²) >= 11 is 6.29. The van der Waals surface area contributed by atoms with Gasteiger partial charge in [0.15, 0.2) is 0 Å². The zero-order valence-corrected chi connectivity index (χ0v) is 13.7. The molecule has 1 unspecified atom stereocenters. The van der Waals surface area contributed by atoms with Crippen LogP contribution in [0.3, 0.4) is 0 Å². The van der Waals surface area contributed by atoms with Gasteiger partial charge in [-0.15, -0.1) is 11.6 Å². The van der Waals surface area contributed by atoms with Crippen LogP contribution < -0.4 is 5.32 Å². The minimum Gasteiger partial charge on any atom is -0.370 e. The predicted molar refractivity (Wildman–Crippen MR) is 84.4 cm³/mol. The highest BCUT2D eigenvalue weighted by Crippen LogP contribution is 2.43. The molecule has 1 spiro atoms. The van der Waals surface area contributed by atoms with Crippen molar-refractivity contribution in [1.82, 2.24) is 5.32 Å². The molecule has 0 aromatic carbocycles. The van der Waals surface area contributed by atoms with E-state index in [1.165, 1.54) is 64.2 Å². The van der Waals surface area contributed by atoms with E-state index >= 15 is 0 Å². The first kappa shape index (κ1) is 15.1. The fraction of sp³-hybridized carbons (Fsp3) is 1.00. The van der Waals surface area contributed by atoms with Gasteiger partial charge in [-0.25, -0.2) is 0 Å². The van der Waals surface area contributed by atoms with E-state index in [0.29, 0.717) is 6.10 Å². The molecule has 3 aliphatic rings. The van der Waals surface area contributed by atoms with Gasteiger partial charge in [-0.3, -0.25) is 0 Å². The van der Waals surface area contributed by atoms with E-state index in [-0.39, 0.29) is 11.1 Å².